The fourth-order valence-electron chi connectivity index (χ4n) is 3.31. The predicted molar refractivity (Wildman–Crippen MR) is 96.9 cm³/mol. The number of carboxylic acid groups (broad SMARTS) is 1. The average Bonchev–Trinajstić information content (AvgIpc) is 2.46. The van der Waals surface area contributed by atoms with Crippen LogP contribution in [0, 0.1) is 5.92 Å². The molecule has 0 amide bonds. The minimum Gasteiger partial charge on any atom is -0.516 e. The van der Waals surface area contributed by atoms with Gasteiger partial charge in [0.1, 0.15) is 0 Å². The van der Waals surface area contributed by atoms with Gasteiger partial charge in [0.15, 0.2) is 0 Å². The van der Waals surface area contributed by atoms with Crippen LogP contribution >= 0.6 is 0 Å². The zero-order valence-electron chi connectivity index (χ0n) is 15.4. The van der Waals surface area contributed by atoms with Gasteiger partial charge >= 0.3 is 11.9 Å². The van der Waals surface area contributed by atoms with Gasteiger partial charge in [-0.05, 0) is 30.0 Å². The van der Waals surface area contributed by atoms with Crippen molar-refractivity contribution >= 4 is 20.3 Å². The predicted octanol–water partition coefficient (Wildman–Crippen LogP) is 5.15. The Balaban J connectivity index is 5.32. The van der Waals surface area contributed by atoms with Crippen LogP contribution in [0.4, 0.5) is 0 Å². The highest BCUT2D eigenvalue weighted by molar-refractivity contribution is 6.76. The number of carboxylic acids is 1. The van der Waals surface area contributed by atoms with Crippen molar-refractivity contribution in [1.82, 2.24) is 0 Å². The van der Waals surface area contributed by atoms with Gasteiger partial charge in [0.25, 0.3) is 8.32 Å². The maximum Gasteiger partial charge on any atom is 0.328 e. The first-order valence-corrected chi connectivity index (χ1v) is 11.3. The number of aliphatic carboxylic acids is 1. The summed E-state index contributed by atoms with van der Waals surface area (Å²) in [5.41, 5.74) is 0.451. The molecular formula is C18H34O4Si. The lowest BCUT2D eigenvalue weighted by Gasteiger charge is -2.37. The van der Waals surface area contributed by atoms with E-state index < -0.39 is 20.3 Å². The van der Waals surface area contributed by atoms with E-state index in [2.05, 4.69) is 34.6 Å². The molecule has 0 saturated carbocycles. The lowest BCUT2D eigenvalue weighted by Crippen LogP contribution is -2.44. The topological polar surface area (TPSA) is 63.6 Å². The van der Waals surface area contributed by atoms with Crippen LogP contribution < -0.4 is 0 Å². The normalized spacial score (nSPS) is 13.5. The van der Waals surface area contributed by atoms with E-state index >= 15 is 0 Å². The summed E-state index contributed by atoms with van der Waals surface area (Å²) >= 11 is 0. The summed E-state index contributed by atoms with van der Waals surface area (Å²) in [6, 6.07) is 1.92. The van der Waals surface area contributed by atoms with E-state index in [0.29, 0.717) is 11.5 Å². The van der Waals surface area contributed by atoms with Crippen LogP contribution in [0.1, 0.15) is 66.7 Å². The molecule has 23 heavy (non-hydrogen) atoms. The summed E-state index contributed by atoms with van der Waals surface area (Å²) < 4.78 is 6.00. The second-order valence-corrected chi connectivity index (χ2v) is 10.9. The molecule has 1 N–H and O–H groups in total. The molecule has 0 rings (SSSR count). The number of hydrogen-bond donors (Lipinski definition) is 1. The summed E-state index contributed by atoms with van der Waals surface area (Å²) in [7, 11) is -2.22. The Hall–Kier alpha value is -1.10. The largest absolute Gasteiger partial charge is 0.516 e. The number of carbonyl (C=O) groups is 2. The standard InChI is InChI=1S/C18H34O4Si/c1-6-13-23(14-7-2,16(8-3)10-9-15(4)5)22-18(21)12-11-17(19)20/h11-12,15-16H,6-10,13-14H2,1-5H3,(H,19,20)/b12-11-. The molecular weight excluding hydrogens is 308 g/mol. The second kappa shape index (κ2) is 11.4. The third-order valence-corrected chi connectivity index (χ3v) is 9.83. The van der Waals surface area contributed by atoms with Gasteiger partial charge in [0.05, 0.1) is 0 Å². The smallest absolute Gasteiger partial charge is 0.328 e. The Morgan fingerprint density at radius 1 is 1.04 bits per heavy atom. The van der Waals surface area contributed by atoms with E-state index in [1.165, 1.54) is 0 Å². The van der Waals surface area contributed by atoms with Crippen molar-refractivity contribution in [3.8, 4) is 0 Å². The molecule has 134 valence electrons. The first-order valence-electron chi connectivity index (χ1n) is 8.95. The van der Waals surface area contributed by atoms with Gasteiger partial charge in [-0.1, -0.05) is 60.3 Å². The van der Waals surface area contributed by atoms with Crippen molar-refractivity contribution in [2.75, 3.05) is 0 Å². The van der Waals surface area contributed by atoms with Crippen molar-refractivity contribution in [2.45, 2.75) is 84.4 Å². The van der Waals surface area contributed by atoms with Crippen LogP contribution in [0.3, 0.4) is 0 Å². The fraction of sp³-hybridized carbons (Fsp3) is 0.778. The van der Waals surface area contributed by atoms with Gasteiger partial charge in [0, 0.05) is 12.2 Å². The Morgan fingerprint density at radius 2 is 1.61 bits per heavy atom. The molecule has 0 radical (unpaired) electrons. The minimum absolute atomic E-state index is 0.451. The zero-order chi connectivity index (χ0) is 17.9. The summed E-state index contributed by atoms with van der Waals surface area (Å²) in [6.07, 6.45) is 7.19. The van der Waals surface area contributed by atoms with Gasteiger partial charge in [-0.3, -0.25) is 0 Å². The molecule has 1 atom stereocenters. The lowest BCUT2D eigenvalue weighted by molar-refractivity contribution is -0.133. The van der Waals surface area contributed by atoms with E-state index in [1.54, 1.807) is 0 Å². The first-order chi connectivity index (χ1) is 10.8. The molecule has 0 heterocycles. The molecule has 0 aliphatic rings. The van der Waals surface area contributed by atoms with Gasteiger partial charge < -0.3 is 9.53 Å². The fourth-order valence-corrected chi connectivity index (χ4v) is 8.35. The quantitative estimate of drug-likeness (QED) is 0.393. The first kappa shape index (κ1) is 21.9. The van der Waals surface area contributed by atoms with E-state index in [-0.39, 0.29) is 0 Å². The van der Waals surface area contributed by atoms with Crippen LogP contribution in [0.15, 0.2) is 12.2 Å². The molecule has 0 fully saturated rings. The second-order valence-electron chi connectivity index (χ2n) is 6.73. The number of hydrogen-bond acceptors (Lipinski definition) is 3. The van der Waals surface area contributed by atoms with Crippen molar-refractivity contribution in [3.63, 3.8) is 0 Å². The van der Waals surface area contributed by atoms with Crippen LogP contribution in [0.2, 0.25) is 17.6 Å². The molecule has 5 heteroatoms. The van der Waals surface area contributed by atoms with Gasteiger partial charge in [-0.2, -0.15) is 0 Å². The zero-order valence-corrected chi connectivity index (χ0v) is 16.4. The van der Waals surface area contributed by atoms with Gasteiger partial charge in [-0.15, -0.1) is 0 Å². The highest BCUT2D eigenvalue weighted by Crippen LogP contribution is 2.39. The van der Waals surface area contributed by atoms with Crippen molar-refractivity contribution in [3.05, 3.63) is 12.2 Å². The summed E-state index contributed by atoms with van der Waals surface area (Å²) in [4.78, 5) is 22.7. The van der Waals surface area contributed by atoms with Crippen LogP contribution in [0.25, 0.3) is 0 Å². The maximum absolute atomic E-state index is 12.1. The van der Waals surface area contributed by atoms with E-state index in [0.717, 1.165) is 56.3 Å². The highest BCUT2D eigenvalue weighted by atomic mass is 28.4. The Labute approximate surface area is 142 Å². The molecule has 0 aliphatic heterocycles. The molecule has 0 bridgehead atoms. The van der Waals surface area contributed by atoms with E-state index in [4.69, 9.17) is 9.53 Å². The van der Waals surface area contributed by atoms with Crippen molar-refractivity contribution < 1.29 is 19.1 Å². The minimum atomic E-state index is -2.22. The molecule has 0 aromatic rings. The van der Waals surface area contributed by atoms with Crippen LogP contribution in [-0.4, -0.2) is 25.4 Å². The molecule has 0 spiro atoms. The number of rotatable bonds is 12. The van der Waals surface area contributed by atoms with Crippen LogP contribution in [-0.2, 0) is 14.0 Å². The Morgan fingerprint density at radius 3 is 2.00 bits per heavy atom. The Kier molecular flexibility index (Phi) is 10.9. The molecule has 4 nitrogen and oxygen atoms in total. The van der Waals surface area contributed by atoms with E-state index in [1.807, 2.05) is 0 Å². The monoisotopic (exact) mass is 342 g/mol. The summed E-state index contributed by atoms with van der Waals surface area (Å²) in [5.74, 6) is -0.961. The lowest BCUT2D eigenvalue weighted by atomic mass is 10.1. The highest BCUT2D eigenvalue weighted by Gasteiger charge is 2.43. The molecule has 0 aromatic heterocycles. The Bertz CT molecular complexity index is 384. The molecule has 0 saturated heterocycles. The maximum atomic E-state index is 12.1. The SMILES string of the molecule is CCC[Si](CCC)(OC(=O)/C=C\C(=O)O)C(CC)CCC(C)C. The molecule has 1 unspecified atom stereocenters. The third kappa shape index (κ3) is 8.35. The van der Waals surface area contributed by atoms with Gasteiger partial charge in [0.2, 0.25) is 0 Å². The summed E-state index contributed by atoms with van der Waals surface area (Å²) in [5, 5.41) is 8.68. The van der Waals surface area contributed by atoms with Crippen LogP contribution in [0.5, 0.6) is 0 Å². The van der Waals surface area contributed by atoms with E-state index in [9.17, 15) is 9.59 Å². The summed E-state index contributed by atoms with van der Waals surface area (Å²) in [6.45, 7) is 10.9. The van der Waals surface area contributed by atoms with Gasteiger partial charge in [-0.25, -0.2) is 9.59 Å². The average molecular weight is 343 g/mol. The molecule has 0 aromatic carbocycles. The van der Waals surface area contributed by atoms with Crippen molar-refractivity contribution in [1.29, 1.82) is 0 Å². The molecule has 0 aliphatic carbocycles. The third-order valence-electron chi connectivity index (χ3n) is 4.34. The van der Waals surface area contributed by atoms with Crippen molar-refractivity contribution in [2.24, 2.45) is 5.92 Å². The number of carbonyl (C=O) groups excluding carboxylic acids is 1.